The van der Waals surface area contributed by atoms with E-state index in [-0.39, 0.29) is 0 Å². The average molecular weight is 298 g/mol. The molecule has 0 aromatic carbocycles. The van der Waals surface area contributed by atoms with Gasteiger partial charge in [0, 0.05) is 31.4 Å². The predicted molar refractivity (Wildman–Crippen MR) is 87.0 cm³/mol. The first-order chi connectivity index (χ1) is 9.81. The van der Waals surface area contributed by atoms with Crippen molar-refractivity contribution in [3.05, 3.63) is 0 Å². The number of hydrogen-bond donors (Lipinski definition) is 4. The van der Waals surface area contributed by atoms with E-state index in [1.165, 1.54) is 38.8 Å². The molecule has 2 aliphatic heterocycles. The molecule has 3 fully saturated rings. The standard InChI is InChI=1S/C15H30N4S/c1-11-8-19-15(20-11)13-4-2-12(3-5-13)9-18-14-10-16-6-7-17-14/h11-19H,2-10H2,1H3. The molecule has 0 radical (unpaired) electrons. The van der Waals surface area contributed by atoms with Crippen molar-refractivity contribution in [1.29, 1.82) is 0 Å². The van der Waals surface area contributed by atoms with Gasteiger partial charge in [-0.05, 0) is 44.1 Å². The van der Waals surface area contributed by atoms with Crippen LogP contribution >= 0.6 is 11.8 Å². The molecule has 3 aliphatic rings. The molecular formula is C15H30N4S. The Morgan fingerprint density at radius 2 is 1.90 bits per heavy atom. The van der Waals surface area contributed by atoms with E-state index in [1.807, 2.05) is 0 Å². The van der Waals surface area contributed by atoms with Crippen molar-refractivity contribution < 1.29 is 0 Å². The van der Waals surface area contributed by atoms with Gasteiger partial charge in [-0.25, -0.2) is 0 Å². The lowest BCUT2D eigenvalue weighted by Gasteiger charge is -2.33. The molecule has 3 unspecified atom stereocenters. The van der Waals surface area contributed by atoms with Crippen LogP contribution in [0.25, 0.3) is 0 Å². The van der Waals surface area contributed by atoms with E-state index in [4.69, 9.17) is 0 Å². The molecule has 0 spiro atoms. The monoisotopic (exact) mass is 298 g/mol. The summed E-state index contributed by atoms with van der Waals surface area (Å²) >= 11 is 2.16. The first-order valence-electron chi connectivity index (χ1n) is 8.37. The van der Waals surface area contributed by atoms with Gasteiger partial charge < -0.3 is 16.0 Å². The van der Waals surface area contributed by atoms with Crippen molar-refractivity contribution in [3.8, 4) is 0 Å². The SMILES string of the molecule is CC1CNC(C2CCC(CNC3CNCCN3)CC2)S1. The molecule has 1 saturated carbocycles. The summed E-state index contributed by atoms with van der Waals surface area (Å²) in [5.41, 5.74) is 0. The van der Waals surface area contributed by atoms with Crippen molar-refractivity contribution in [2.75, 3.05) is 32.7 Å². The van der Waals surface area contributed by atoms with E-state index >= 15 is 0 Å². The van der Waals surface area contributed by atoms with Crippen LogP contribution in [0.3, 0.4) is 0 Å². The van der Waals surface area contributed by atoms with Gasteiger partial charge in [0.1, 0.15) is 0 Å². The molecule has 0 aromatic rings. The molecule has 2 heterocycles. The maximum absolute atomic E-state index is 3.70. The largest absolute Gasteiger partial charge is 0.313 e. The molecule has 1 aliphatic carbocycles. The number of piperazine rings is 1. The van der Waals surface area contributed by atoms with Gasteiger partial charge in [-0.15, -0.1) is 11.8 Å². The Kier molecular flexibility index (Phi) is 5.63. The molecule has 5 heteroatoms. The van der Waals surface area contributed by atoms with E-state index in [0.717, 1.165) is 42.1 Å². The van der Waals surface area contributed by atoms with Gasteiger partial charge in [0.25, 0.3) is 0 Å². The third-order valence-electron chi connectivity index (χ3n) is 5.00. The van der Waals surface area contributed by atoms with E-state index in [2.05, 4.69) is 40.0 Å². The third-order valence-corrected chi connectivity index (χ3v) is 6.47. The summed E-state index contributed by atoms with van der Waals surface area (Å²) in [5, 5.41) is 15.9. The Labute approximate surface area is 127 Å². The van der Waals surface area contributed by atoms with Crippen molar-refractivity contribution in [2.24, 2.45) is 11.8 Å². The van der Waals surface area contributed by atoms with E-state index in [1.54, 1.807) is 0 Å². The van der Waals surface area contributed by atoms with Crippen LogP contribution in [-0.2, 0) is 0 Å². The predicted octanol–water partition coefficient (Wildman–Crippen LogP) is 0.952. The molecule has 4 N–H and O–H groups in total. The summed E-state index contributed by atoms with van der Waals surface area (Å²) in [5.74, 6) is 1.80. The Balaban J connectivity index is 1.33. The summed E-state index contributed by atoms with van der Waals surface area (Å²) in [7, 11) is 0. The van der Waals surface area contributed by atoms with E-state index < -0.39 is 0 Å². The van der Waals surface area contributed by atoms with Gasteiger partial charge in [0.2, 0.25) is 0 Å². The van der Waals surface area contributed by atoms with Gasteiger partial charge in [0.15, 0.2) is 0 Å². The fourth-order valence-corrected chi connectivity index (χ4v) is 5.09. The highest BCUT2D eigenvalue weighted by molar-refractivity contribution is 8.00. The maximum atomic E-state index is 3.70. The number of nitrogens with one attached hydrogen (secondary N) is 4. The van der Waals surface area contributed by atoms with Gasteiger partial charge in [-0.3, -0.25) is 5.32 Å². The van der Waals surface area contributed by atoms with Crippen LogP contribution in [-0.4, -0.2) is 49.5 Å². The number of thioether (sulfide) groups is 1. The average Bonchev–Trinajstić information content (AvgIpc) is 2.93. The maximum Gasteiger partial charge on any atom is 0.0701 e. The van der Waals surface area contributed by atoms with Gasteiger partial charge in [0.05, 0.1) is 11.5 Å². The second-order valence-electron chi connectivity index (χ2n) is 6.68. The minimum absolute atomic E-state index is 0.481. The first kappa shape index (κ1) is 15.1. The van der Waals surface area contributed by atoms with Crippen LogP contribution in [0.1, 0.15) is 32.6 Å². The summed E-state index contributed by atoms with van der Waals surface area (Å²) < 4.78 is 0. The van der Waals surface area contributed by atoms with E-state index in [9.17, 15) is 0 Å². The molecule has 0 amide bonds. The second-order valence-corrected chi connectivity index (χ2v) is 8.26. The Hall–Kier alpha value is 0.190. The highest BCUT2D eigenvalue weighted by Gasteiger charge is 2.32. The first-order valence-corrected chi connectivity index (χ1v) is 9.32. The summed E-state index contributed by atoms with van der Waals surface area (Å²) in [6, 6.07) is 0. The minimum atomic E-state index is 0.481. The van der Waals surface area contributed by atoms with Crippen LogP contribution in [0.15, 0.2) is 0 Å². The molecule has 3 rings (SSSR count). The zero-order valence-electron chi connectivity index (χ0n) is 12.7. The smallest absolute Gasteiger partial charge is 0.0701 e. The Morgan fingerprint density at radius 1 is 1.05 bits per heavy atom. The van der Waals surface area contributed by atoms with Gasteiger partial charge >= 0.3 is 0 Å². The summed E-state index contributed by atoms with van der Waals surface area (Å²) in [6.07, 6.45) is 6.13. The molecule has 3 atom stereocenters. The summed E-state index contributed by atoms with van der Waals surface area (Å²) in [6.45, 7) is 8.00. The molecule has 20 heavy (non-hydrogen) atoms. The number of rotatable bonds is 4. The molecule has 4 nitrogen and oxygen atoms in total. The summed E-state index contributed by atoms with van der Waals surface area (Å²) in [4.78, 5) is 0. The second kappa shape index (κ2) is 7.45. The molecule has 2 saturated heterocycles. The Morgan fingerprint density at radius 3 is 2.55 bits per heavy atom. The van der Waals surface area contributed by atoms with Crippen LogP contribution in [0.5, 0.6) is 0 Å². The fraction of sp³-hybridized carbons (Fsp3) is 1.00. The lowest BCUT2D eigenvalue weighted by molar-refractivity contribution is 0.240. The third kappa shape index (κ3) is 4.10. The zero-order valence-corrected chi connectivity index (χ0v) is 13.5. The van der Waals surface area contributed by atoms with Crippen LogP contribution in [0, 0.1) is 11.8 Å². The fourth-order valence-electron chi connectivity index (χ4n) is 3.71. The molecule has 116 valence electrons. The highest BCUT2D eigenvalue weighted by Crippen LogP contribution is 2.37. The van der Waals surface area contributed by atoms with Crippen molar-refractivity contribution >= 4 is 11.8 Å². The number of hydrogen-bond acceptors (Lipinski definition) is 5. The normalized spacial score (nSPS) is 42.8. The van der Waals surface area contributed by atoms with Crippen LogP contribution < -0.4 is 21.3 Å². The van der Waals surface area contributed by atoms with Gasteiger partial charge in [-0.1, -0.05) is 6.92 Å². The van der Waals surface area contributed by atoms with Crippen molar-refractivity contribution in [1.82, 2.24) is 21.3 Å². The highest BCUT2D eigenvalue weighted by atomic mass is 32.2. The van der Waals surface area contributed by atoms with Gasteiger partial charge in [-0.2, -0.15) is 0 Å². The lowest BCUT2D eigenvalue weighted by Crippen LogP contribution is -2.56. The van der Waals surface area contributed by atoms with Crippen molar-refractivity contribution in [3.63, 3.8) is 0 Å². The Bertz CT molecular complexity index is 288. The molecular weight excluding hydrogens is 268 g/mol. The molecule has 0 aromatic heterocycles. The van der Waals surface area contributed by atoms with Crippen molar-refractivity contribution in [2.45, 2.75) is 49.4 Å². The van der Waals surface area contributed by atoms with Crippen LogP contribution in [0.4, 0.5) is 0 Å². The molecule has 0 bridgehead atoms. The topological polar surface area (TPSA) is 48.1 Å². The lowest BCUT2D eigenvalue weighted by atomic mass is 9.81. The quantitative estimate of drug-likeness (QED) is 0.623. The van der Waals surface area contributed by atoms with E-state index in [0.29, 0.717) is 6.17 Å². The minimum Gasteiger partial charge on any atom is -0.313 e. The zero-order chi connectivity index (χ0) is 13.8. The van der Waals surface area contributed by atoms with Crippen LogP contribution in [0.2, 0.25) is 0 Å².